The van der Waals surface area contributed by atoms with Gasteiger partial charge in [-0.25, -0.2) is 0 Å². The molecule has 0 aromatic rings. The van der Waals surface area contributed by atoms with Gasteiger partial charge < -0.3 is 23.7 Å². The number of hydrogen-bond donors (Lipinski definition) is 0. The summed E-state index contributed by atoms with van der Waals surface area (Å²) in [6, 6.07) is 0. The Morgan fingerprint density at radius 3 is 2.37 bits per heavy atom. The normalized spacial score (nSPS) is 22.5. The maximum absolute atomic E-state index is 11.4. The van der Waals surface area contributed by atoms with Crippen molar-refractivity contribution in [3.05, 3.63) is 0 Å². The molecule has 0 heterocycles. The first-order chi connectivity index (χ1) is 9.29. The van der Waals surface area contributed by atoms with Crippen LogP contribution in [0.5, 0.6) is 0 Å². The van der Waals surface area contributed by atoms with Crippen molar-refractivity contribution < 1.29 is 28.5 Å². The Bertz CT molecular complexity index is 245. The van der Waals surface area contributed by atoms with E-state index >= 15 is 0 Å². The second-order valence-corrected chi connectivity index (χ2v) is 4.32. The average Bonchev–Trinajstić information content (AvgIpc) is 2.41. The number of carbonyl (C=O) groups is 1. The predicted octanol–water partition coefficient (Wildman–Crippen LogP) is 0.429. The van der Waals surface area contributed by atoms with Crippen LogP contribution in [0, 0.1) is 0 Å². The van der Waals surface area contributed by atoms with Gasteiger partial charge in [-0.3, -0.25) is 4.79 Å². The summed E-state index contributed by atoms with van der Waals surface area (Å²) in [4.78, 5) is 11.4. The molecule has 0 aromatic carbocycles. The van der Waals surface area contributed by atoms with Crippen molar-refractivity contribution in [3.63, 3.8) is 0 Å². The molecule has 6 nitrogen and oxygen atoms in total. The van der Waals surface area contributed by atoms with Crippen LogP contribution in [-0.4, -0.2) is 71.9 Å². The third-order valence-electron chi connectivity index (χ3n) is 2.84. The van der Waals surface area contributed by atoms with Gasteiger partial charge in [-0.05, 0) is 6.42 Å². The summed E-state index contributed by atoms with van der Waals surface area (Å²) in [5.41, 5.74) is 0. The second-order valence-electron chi connectivity index (χ2n) is 4.32. The highest BCUT2D eigenvalue weighted by Crippen LogP contribution is 2.23. The zero-order valence-corrected chi connectivity index (χ0v) is 11.8. The second kappa shape index (κ2) is 10.3. The van der Waals surface area contributed by atoms with E-state index in [1.807, 2.05) is 0 Å². The standard InChI is InChI=1S/C13H24O6/c1-15-6-8-17-4-3-5-18-12-10-11(14)13(12)19-9-7-16-2/h12-13H,3-10H2,1-2H3. The highest BCUT2D eigenvalue weighted by atomic mass is 16.6. The number of ether oxygens (including phenoxy) is 5. The largest absolute Gasteiger partial charge is 0.382 e. The third kappa shape index (κ3) is 6.44. The molecule has 0 amide bonds. The van der Waals surface area contributed by atoms with Crippen molar-refractivity contribution in [3.8, 4) is 0 Å². The van der Waals surface area contributed by atoms with E-state index in [4.69, 9.17) is 23.7 Å². The minimum atomic E-state index is -0.412. The van der Waals surface area contributed by atoms with Gasteiger partial charge in [0.25, 0.3) is 0 Å². The molecule has 2 unspecified atom stereocenters. The number of methoxy groups -OCH3 is 2. The lowest BCUT2D eigenvalue weighted by Gasteiger charge is -2.34. The fourth-order valence-corrected chi connectivity index (χ4v) is 1.71. The van der Waals surface area contributed by atoms with Crippen LogP contribution in [-0.2, 0) is 28.5 Å². The Balaban J connectivity index is 1.98. The first-order valence-electron chi connectivity index (χ1n) is 6.61. The molecule has 0 aliphatic heterocycles. The first kappa shape index (κ1) is 16.5. The molecule has 1 aliphatic carbocycles. The van der Waals surface area contributed by atoms with Crippen LogP contribution in [0.2, 0.25) is 0 Å². The van der Waals surface area contributed by atoms with E-state index in [1.165, 1.54) is 0 Å². The summed E-state index contributed by atoms with van der Waals surface area (Å²) in [7, 11) is 3.24. The van der Waals surface area contributed by atoms with Gasteiger partial charge in [-0.2, -0.15) is 0 Å². The Labute approximate surface area is 114 Å². The van der Waals surface area contributed by atoms with Crippen LogP contribution >= 0.6 is 0 Å². The van der Waals surface area contributed by atoms with Gasteiger partial charge in [0, 0.05) is 33.9 Å². The number of hydrogen-bond acceptors (Lipinski definition) is 6. The van der Waals surface area contributed by atoms with Crippen molar-refractivity contribution in [2.75, 3.05) is 53.9 Å². The van der Waals surface area contributed by atoms with Crippen LogP contribution < -0.4 is 0 Å². The zero-order valence-electron chi connectivity index (χ0n) is 11.8. The fraction of sp³-hybridized carbons (Fsp3) is 0.923. The van der Waals surface area contributed by atoms with Crippen LogP contribution in [0.15, 0.2) is 0 Å². The monoisotopic (exact) mass is 276 g/mol. The van der Waals surface area contributed by atoms with Gasteiger partial charge in [0.05, 0.1) is 32.5 Å². The van der Waals surface area contributed by atoms with E-state index in [1.54, 1.807) is 14.2 Å². The molecule has 1 aliphatic rings. The summed E-state index contributed by atoms with van der Waals surface area (Å²) >= 11 is 0. The Hall–Kier alpha value is -0.530. The molecular formula is C13H24O6. The van der Waals surface area contributed by atoms with E-state index in [2.05, 4.69) is 0 Å². The van der Waals surface area contributed by atoms with Crippen molar-refractivity contribution >= 4 is 5.78 Å². The predicted molar refractivity (Wildman–Crippen MR) is 68.3 cm³/mol. The van der Waals surface area contributed by atoms with Gasteiger partial charge >= 0.3 is 0 Å². The van der Waals surface area contributed by atoms with Gasteiger partial charge in [0.15, 0.2) is 5.78 Å². The minimum Gasteiger partial charge on any atom is -0.382 e. The summed E-state index contributed by atoms with van der Waals surface area (Å²) in [6.07, 6.45) is 0.731. The molecule has 2 atom stereocenters. The lowest BCUT2D eigenvalue weighted by atomic mass is 9.90. The van der Waals surface area contributed by atoms with E-state index in [0.717, 1.165) is 6.42 Å². The SMILES string of the molecule is COCCOCCCOC1CC(=O)C1OCCOC. The number of carbonyl (C=O) groups excluding carboxylic acids is 1. The number of rotatable bonds is 12. The molecule has 1 fully saturated rings. The molecule has 0 aromatic heterocycles. The van der Waals surface area contributed by atoms with Crippen molar-refractivity contribution in [2.45, 2.75) is 25.0 Å². The Morgan fingerprint density at radius 2 is 1.68 bits per heavy atom. The summed E-state index contributed by atoms with van der Waals surface area (Å²) < 4.78 is 26.1. The molecule has 0 radical (unpaired) electrons. The molecule has 0 saturated heterocycles. The molecular weight excluding hydrogens is 252 g/mol. The van der Waals surface area contributed by atoms with Crippen LogP contribution in [0.4, 0.5) is 0 Å². The van der Waals surface area contributed by atoms with E-state index in [-0.39, 0.29) is 11.9 Å². The molecule has 0 N–H and O–H groups in total. The Morgan fingerprint density at radius 1 is 0.947 bits per heavy atom. The third-order valence-corrected chi connectivity index (χ3v) is 2.84. The zero-order chi connectivity index (χ0) is 13.9. The molecule has 1 saturated carbocycles. The average molecular weight is 276 g/mol. The molecule has 6 heteroatoms. The van der Waals surface area contributed by atoms with Gasteiger partial charge in [-0.1, -0.05) is 0 Å². The van der Waals surface area contributed by atoms with Crippen LogP contribution in [0.1, 0.15) is 12.8 Å². The van der Waals surface area contributed by atoms with Crippen molar-refractivity contribution in [2.24, 2.45) is 0 Å². The molecule has 19 heavy (non-hydrogen) atoms. The summed E-state index contributed by atoms with van der Waals surface area (Å²) in [6.45, 7) is 3.33. The van der Waals surface area contributed by atoms with Crippen molar-refractivity contribution in [1.82, 2.24) is 0 Å². The maximum Gasteiger partial charge on any atom is 0.166 e. The van der Waals surface area contributed by atoms with Gasteiger partial charge in [-0.15, -0.1) is 0 Å². The van der Waals surface area contributed by atoms with Crippen LogP contribution in [0.3, 0.4) is 0 Å². The quantitative estimate of drug-likeness (QED) is 0.482. The Kier molecular flexibility index (Phi) is 8.94. The number of ketones is 1. The van der Waals surface area contributed by atoms with Gasteiger partial charge in [0.2, 0.25) is 0 Å². The fourth-order valence-electron chi connectivity index (χ4n) is 1.71. The van der Waals surface area contributed by atoms with E-state index in [0.29, 0.717) is 46.1 Å². The first-order valence-corrected chi connectivity index (χ1v) is 6.61. The smallest absolute Gasteiger partial charge is 0.166 e. The van der Waals surface area contributed by atoms with E-state index in [9.17, 15) is 4.79 Å². The minimum absolute atomic E-state index is 0.108. The highest BCUT2D eigenvalue weighted by molar-refractivity contribution is 5.90. The lowest BCUT2D eigenvalue weighted by molar-refractivity contribution is -0.167. The maximum atomic E-state index is 11.4. The highest BCUT2D eigenvalue weighted by Gasteiger charge is 2.41. The summed E-state index contributed by atoms with van der Waals surface area (Å²) in [5.74, 6) is 0.109. The van der Waals surface area contributed by atoms with Gasteiger partial charge in [0.1, 0.15) is 6.10 Å². The molecule has 112 valence electrons. The van der Waals surface area contributed by atoms with Crippen molar-refractivity contribution in [1.29, 1.82) is 0 Å². The molecule has 0 bridgehead atoms. The molecule has 1 rings (SSSR count). The summed E-state index contributed by atoms with van der Waals surface area (Å²) in [5, 5.41) is 0. The lowest BCUT2D eigenvalue weighted by Crippen LogP contribution is -2.51. The van der Waals surface area contributed by atoms with Crippen LogP contribution in [0.25, 0.3) is 0 Å². The topological polar surface area (TPSA) is 63.2 Å². The number of Topliss-reactive ketones (excluding diaryl/α,β-unsaturated/α-hetero) is 1. The molecule has 0 spiro atoms. The van der Waals surface area contributed by atoms with E-state index < -0.39 is 6.10 Å².